The molecule has 0 radical (unpaired) electrons. The Labute approximate surface area is 144 Å². The Hall–Kier alpha value is -3.15. The van der Waals surface area contributed by atoms with Crippen molar-refractivity contribution in [3.63, 3.8) is 0 Å². The molecular weight excluding hydrogens is 318 g/mol. The fourth-order valence-corrected chi connectivity index (χ4v) is 3.26. The second-order valence-corrected chi connectivity index (χ2v) is 6.18. The lowest BCUT2D eigenvalue weighted by Crippen LogP contribution is -2.27. The molecule has 1 aliphatic rings. The molecule has 3 aromatic rings. The molecule has 126 valence electrons. The minimum Gasteiger partial charge on any atom is -0.493 e. The van der Waals surface area contributed by atoms with Crippen molar-refractivity contribution in [2.45, 2.75) is 6.42 Å². The summed E-state index contributed by atoms with van der Waals surface area (Å²) in [6, 6.07) is 13.2. The Morgan fingerprint density at radius 3 is 2.96 bits per heavy atom. The monoisotopic (exact) mass is 335 g/mol. The predicted octanol–water partition coefficient (Wildman–Crippen LogP) is 3.81. The van der Waals surface area contributed by atoms with E-state index in [1.165, 1.54) is 11.6 Å². The lowest BCUT2D eigenvalue weighted by molar-refractivity contribution is -0.383. The predicted molar refractivity (Wildman–Crippen MR) is 96.0 cm³/mol. The number of nitro benzene ring substituents is 1. The number of hydrogen-bond donors (Lipinski definition) is 1. The van der Waals surface area contributed by atoms with Crippen LogP contribution in [0.4, 0.5) is 11.4 Å². The molecule has 0 spiro atoms. The number of non-ortho nitro benzene ring substituents is 1. The number of ether oxygens (including phenoxy) is 1. The van der Waals surface area contributed by atoms with E-state index in [0.717, 1.165) is 29.8 Å². The highest BCUT2D eigenvalue weighted by molar-refractivity contribution is 5.99. The molecule has 1 unspecified atom stereocenters. The topological polar surface area (TPSA) is 77.3 Å². The van der Waals surface area contributed by atoms with Crippen molar-refractivity contribution in [1.82, 2.24) is 4.98 Å². The van der Waals surface area contributed by atoms with Gasteiger partial charge in [-0.25, -0.2) is 0 Å². The zero-order valence-corrected chi connectivity index (χ0v) is 13.5. The first kappa shape index (κ1) is 15.4. The number of rotatable bonds is 4. The summed E-state index contributed by atoms with van der Waals surface area (Å²) < 4.78 is 5.82. The van der Waals surface area contributed by atoms with Gasteiger partial charge in [0.25, 0.3) is 5.69 Å². The first-order valence-corrected chi connectivity index (χ1v) is 8.18. The fourth-order valence-electron chi connectivity index (χ4n) is 3.26. The van der Waals surface area contributed by atoms with E-state index in [1.807, 2.05) is 18.2 Å². The summed E-state index contributed by atoms with van der Waals surface area (Å²) in [4.78, 5) is 14.8. The maximum absolute atomic E-state index is 11.2. The van der Waals surface area contributed by atoms with Gasteiger partial charge < -0.3 is 10.1 Å². The number of benzene rings is 2. The molecule has 1 N–H and O–H groups in total. The summed E-state index contributed by atoms with van der Waals surface area (Å²) in [5.41, 5.74) is 2.17. The molecule has 0 fully saturated rings. The number of anilines is 1. The number of nitrogens with one attached hydrogen (secondary N) is 1. The van der Waals surface area contributed by atoms with Crippen LogP contribution in [0.2, 0.25) is 0 Å². The normalized spacial score (nSPS) is 16.1. The van der Waals surface area contributed by atoms with Crippen LogP contribution in [0, 0.1) is 16.0 Å². The van der Waals surface area contributed by atoms with Crippen LogP contribution in [0.1, 0.15) is 5.56 Å². The highest BCUT2D eigenvalue weighted by Gasteiger charge is 2.20. The highest BCUT2D eigenvalue weighted by atomic mass is 16.6. The molecule has 6 heteroatoms. The lowest BCUT2D eigenvalue weighted by atomic mass is 9.96. The Bertz CT molecular complexity index is 942. The van der Waals surface area contributed by atoms with Gasteiger partial charge >= 0.3 is 0 Å². The van der Waals surface area contributed by atoms with Gasteiger partial charge in [-0.1, -0.05) is 18.2 Å². The first-order chi connectivity index (χ1) is 12.2. The van der Waals surface area contributed by atoms with Crippen LogP contribution in [0.3, 0.4) is 0 Å². The number of hydrogen-bond acceptors (Lipinski definition) is 5. The number of fused-ring (bicyclic) bond motifs is 2. The molecule has 1 aromatic heterocycles. The van der Waals surface area contributed by atoms with Crippen LogP contribution in [-0.4, -0.2) is 23.1 Å². The molecule has 2 heterocycles. The van der Waals surface area contributed by atoms with Gasteiger partial charge in [-0.15, -0.1) is 0 Å². The van der Waals surface area contributed by atoms with E-state index in [4.69, 9.17) is 4.74 Å². The number of pyridine rings is 1. The summed E-state index contributed by atoms with van der Waals surface area (Å²) in [5.74, 6) is 1.31. The van der Waals surface area contributed by atoms with E-state index < -0.39 is 0 Å². The summed E-state index contributed by atoms with van der Waals surface area (Å²) in [7, 11) is 0. The quantitative estimate of drug-likeness (QED) is 0.579. The summed E-state index contributed by atoms with van der Waals surface area (Å²) in [6.07, 6.45) is 4.14. The van der Waals surface area contributed by atoms with E-state index >= 15 is 0 Å². The second kappa shape index (κ2) is 6.39. The SMILES string of the molecule is O=[N+]([O-])c1ccc(NCC2COc3ccccc3C2)c2ccncc12. The van der Waals surface area contributed by atoms with E-state index in [0.29, 0.717) is 17.9 Å². The van der Waals surface area contributed by atoms with Crippen molar-refractivity contribution in [2.24, 2.45) is 5.92 Å². The van der Waals surface area contributed by atoms with E-state index in [-0.39, 0.29) is 10.6 Å². The summed E-state index contributed by atoms with van der Waals surface area (Å²) >= 11 is 0. The Morgan fingerprint density at radius 2 is 2.08 bits per heavy atom. The number of aromatic nitrogens is 1. The minimum atomic E-state index is -0.375. The van der Waals surface area contributed by atoms with Gasteiger partial charge in [0.2, 0.25) is 0 Å². The van der Waals surface area contributed by atoms with Gasteiger partial charge in [-0.05, 0) is 30.2 Å². The zero-order valence-electron chi connectivity index (χ0n) is 13.5. The first-order valence-electron chi connectivity index (χ1n) is 8.18. The highest BCUT2D eigenvalue weighted by Crippen LogP contribution is 2.32. The largest absolute Gasteiger partial charge is 0.493 e. The maximum Gasteiger partial charge on any atom is 0.278 e. The molecule has 0 saturated carbocycles. The molecule has 25 heavy (non-hydrogen) atoms. The molecular formula is C19H17N3O3. The lowest BCUT2D eigenvalue weighted by Gasteiger charge is -2.26. The van der Waals surface area contributed by atoms with Crippen molar-refractivity contribution >= 4 is 22.1 Å². The standard InChI is InChI=1S/C19H17N3O3/c23-22(24)18-6-5-17(15-7-8-20-11-16(15)18)21-10-13-9-14-3-1-2-4-19(14)25-12-13/h1-8,11,13,21H,9-10,12H2. The third kappa shape index (κ3) is 2.98. The molecule has 0 aliphatic carbocycles. The van der Waals surface area contributed by atoms with Crippen LogP contribution >= 0.6 is 0 Å². The number of para-hydroxylation sites is 1. The van der Waals surface area contributed by atoms with Crippen LogP contribution in [0.5, 0.6) is 5.75 Å². The second-order valence-electron chi connectivity index (χ2n) is 6.18. The Morgan fingerprint density at radius 1 is 1.20 bits per heavy atom. The summed E-state index contributed by atoms with van der Waals surface area (Å²) in [6.45, 7) is 1.40. The van der Waals surface area contributed by atoms with Crippen molar-refractivity contribution in [2.75, 3.05) is 18.5 Å². The van der Waals surface area contributed by atoms with Crippen LogP contribution in [0.25, 0.3) is 10.8 Å². The van der Waals surface area contributed by atoms with Gasteiger partial charge in [-0.2, -0.15) is 0 Å². The average Bonchev–Trinajstić information content (AvgIpc) is 2.65. The van der Waals surface area contributed by atoms with Gasteiger partial charge in [0, 0.05) is 42.0 Å². The van der Waals surface area contributed by atoms with Crippen molar-refractivity contribution in [1.29, 1.82) is 0 Å². The van der Waals surface area contributed by atoms with Crippen LogP contribution < -0.4 is 10.1 Å². The minimum absolute atomic E-state index is 0.0728. The third-order valence-electron chi connectivity index (χ3n) is 4.53. The van der Waals surface area contributed by atoms with Gasteiger partial charge in [0.15, 0.2) is 0 Å². The molecule has 0 amide bonds. The zero-order chi connectivity index (χ0) is 17.2. The Balaban J connectivity index is 1.54. The van der Waals surface area contributed by atoms with Crippen molar-refractivity contribution in [3.8, 4) is 5.75 Å². The maximum atomic E-state index is 11.2. The van der Waals surface area contributed by atoms with Gasteiger partial charge in [0.05, 0.1) is 16.9 Å². The molecule has 6 nitrogen and oxygen atoms in total. The molecule has 0 bridgehead atoms. The third-order valence-corrected chi connectivity index (χ3v) is 4.53. The fraction of sp³-hybridized carbons (Fsp3) is 0.211. The van der Waals surface area contributed by atoms with E-state index in [9.17, 15) is 10.1 Å². The van der Waals surface area contributed by atoms with E-state index in [1.54, 1.807) is 24.5 Å². The summed E-state index contributed by atoms with van der Waals surface area (Å²) in [5, 5.41) is 16.0. The molecule has 1 atom stereocenters. The molecule has 2 aromatic carbocycles. The number of nitro groups is 1. The molecule has 0 saturated heterocycles. The average molecular weight is 335 g/mol. The van der Waals surface area contributed by atoms with Crippen molar-refractivity contribution in [3.05, 3.63) is 70.5 Å². The smallest absolute Gasteiger partial charge is 0.278 e. The van der Waals surface area contributed by atoms with Crippen molar-refractivity contribution < 1.29 is 9.66 Å². The Kier molecular flexibility index (Phi) is 3.93. The van der Waals surface area contributed by atoms with Crippen LogP contribution in [-0.2, 0) is 6.42 Å². The van der Waals surface area contributed by atoms with Crippen LogP contribution in [0.15, 0.2) is 54.9 Å². The molecule has 4 rings (SSSR count). The van der Waals surface area contributed by atoms with Gasteiger partial charge in [0.1, 0.15) is 5.75 Å². The molecule has 1 aliphatic heterocycles. The van der Waals surface area contributed by atoms with E-state index in [2.05, 4.69) is 16.4 Å². The number of nitrogens with zero attached hydrogens (tertiary/aromatic N) is 2. The van der Waals surface area contributed by atoms with Gasteiger partial charge in [-0.3, -0.25) is 15.1 Å².